The molecule has 0 radical (unpaired) electrons. The van der Waals surface area contributed by atoms with Crippen LogP contribution in [0.3, 0.4) is 0 Å². The first-order chi connectivity index (χ1) is 8.97. The van der Waals surface area contributed by atoms with Crippen molar-refractivity contribution in [2.45, 2.75) is 20.1 Å². The Balaban J connectivity index is 2.47. The fraction of sp³-hybridized carbons (Fsp3) is 0.545. The van der Waals surface area contributed by atoms with Crippen LogP contribution < -0.4 is 10.6 Å². The predicted molar refractivity (Wildman–Crippen MR) is 71.0 cm³/mol. The van der Waals surface area contributed by atoms with E-state index in [1.807, 2.05) is 13.8 Å². The fourth-order valence-corrected chi connectivity index (χ4v) is 2.01. The molecule has 0 aromatic carbocycles. The Hall–Kier alpha value is -1.51. The number of ether oxygens (including phenoxy) is 2. The predicted octanol–water partition coefficient (Wildman–Crippen LogP) is 0.434. The Morgan fingerprint density at radius 3 is 2.37 bits per heavy atom. The molecule has 1 heterocycles. The van der Waals surface area contributed by atoms with Gasteiger partial charge >= 0.3 is 11.8 Å². The largest absolute Gasteiger partial charge is 0.354 e. The van der Waals surface area contributed by atoms with E-state index in [4.69, 9.17) is 9.47 Å². The Kier molecular flexibility index (Phi) is 5.87. The lowest BCUT2D eigenvalue weighted by atomic mass is 10.4. The molecule has 0 unspecified atom stereocenters. The summed E-state index contributed by atoms with van der Waals surface area (Å²) >= 11 is 1.32. The average Bonchev–Trinajstić information content (AvgIpc) is 2.69. The van der Waals surface area contributed by atoms with Crippen molar-refractivity contribution >= 4 is 28.3 Å². The summed E-state index contributed by atoms with van der Waals surface area (Å²) in [6.45, 7) is 3.82. The first-order valence-corrected chi connectivity index (χ1v) is 6.38. The van der Waals surface area contributed by atoms with Crippen LogP contribution in [-0.2, 0) is 19.1 Å². The molecule has 1 aromatic heterocycles. The van der Waals surface area contributed by atoms with Gasteiger partial charge in [-0.3, -0.25) is 14.9 Å². The van der Waals surface area contributed by atoms with Crippen molar-refractivity contribution in [1.29, 1.82) is 0 Å². The summed E-state index contributed by atoms with van der Waals surface area (Å²) in [6, 6.07) is 0. The highest BCUT2D eigenvalue weighted by atomic mass is 32.1. The minimum absolute atomic E-state index is 0.0924. The van der Waals surface area contributed by atoms with Gasteiger partial charge in [-0.2, -0.15) is 0 Å². The topological polar surface area (TPSA) is 89.5 Å². The zero-order valence-electron chi connectivity index (χ0n) is 11.3. The van der Waals surface area contributed by atoms with Crippen molar-refractivity contribution in [2.24, 2.45) is 0 Å². The van der Waals surface area contributed by atoms with Gasteiger partial charge in [-0.05, 0) is 13.8 Å². The molecular weight excluding hydrogens is 270 g/mol. The number of carbonyl (C=O) groups excluding carboxylic acids is 2. The first kappa shape index (κ1) is 15.5. The van der Waals surface area contributed by atoms with E-state index in [0.29, 0.717) is 5.13 Å². The van der Waals surface area contributed by atoms with E-state index in [-0.39, 0.29) is 6.54 Å². The van der Waals surface area contributed by atoms with Crippen molar-refractivity contribution in [3.63, 3.8) is 0 Å². The van der Waals surface area contributed by atoms with E-state index in [0.717, 1.165) is 10.6 Å². The minimum Gasteiger partial charge on any atom is -0.354 e. The number of methoxy groups -OCH3 is 2. The summed E-state index contributed by atoms with van der Waals surface area (Å²) in [6.07, 6.45) is -0.582. The van der Waals surface area contributed by atoms with Gasteiger partial charge < -0.3 is 14.8 Å². The van der Waals surface area contributed by atoms with Crippen molar-refractivity contribution in [2.75, 3.05) is 26.1 Å². The molecule has 7 nitrogen and oxygen atoms in total. The number of rotatable bonds is 5. The molecule has 19 heavy (non-hydrogen) atoms. The highest BCUT2D eigenvalue weighted by molar-refractivity contribution is 7.15. The molecule has 106 valence electrons. The standard InChI is InChI=1S/C11H17N3O4S/c1-6-7(2)19-11(13-6)14-10(16)9(15)12-5-8(17-3)18-4/h8H,5H2,1-4H3,(H,12,15)(H,13,14,16). The maximum Gasteiger partial charge on any atom is 0.315 e. The summed E-state index contributed by atoms with van der Waals surface area (Å²) in [5.74, 6) is -1.52. The summed E-state index contributed by atoms with van der Waals surface area (Å²) in [5.41, 5.74) is 0.833. The van der Waals surface area contributed by atoms with Crippen LogP contribution in [0.1, 0.15) is 10.6 Å². The Labute approximate surface area is 115 Å². The van der Waals surface area contributed by atoms with Crippen molar-refractivity contribution < 1.29 is 19.1 Å². The summed E-state index contributed by atoms with van der Waals surface area (Å²) in [5, 5.41) is 5.25. The third kappa shape index (κ3) is 4.58. The number of aromatic nitrogens is 1. The Morgan fingerprint density at radius 2 is 1.89 bits per heavy atom. The van der Waals surface area contributed by atoms with Crippen molar-refractivity contribution in [3.05, 3.63) is 10.6 Å². The lowest BCUT2D eigenvalue weighted by Gasteiger charge is -2.13. The minimum atomic E-state index is -0.764. The molecular formula is C11H17N3O4S. The Morgan fingerprint density at radius 1 is 1.26 bits per heavy atom. The molecule has 0 aliphatic carbocycles. The van der Waals surface area contributed by atoms with E-state index in [2.05, 4.69) is 15.6 Å². The van der Waals surface area contributed by atoms with E-state index >= 15 is 0 Å². The molecule has 0 spiro atoms. The summed E-state index contributed by atoms with van der Waals surface area (Å²) in [7, 11) is 2.89. The lowest BCUT2D eigenvalue weighted by molar-refractivity contribution is -0.139. The number of nitrogens with one attached hydrogen (secondary N) is 2. The molecule has 0 atom stereocenters. The fourth-order valence-electron chi connectivity index (χ4n) is 1.20. The van der Waals surface area contributed by atoms with Crippen LogP contribution in [0.4, 0.5) is 5.13 Å². The SMILES string of the molecule is COC(CNC(=O)C(=O)Nc1nc(C)c(C)s1)OC. The second-order valence-corrected chi connectivity index (χ2v) is 4.93. The smallest absolute Gasteiger partial charge is 0.315 e. The lowest BCUT2D eigenvalue weighted by Crippen LogP contribution is -2.40. The van der Waals surface area contributed by atoms with Gasteiger partial charge in [0.1, 0.15) is 0 Å². The Bertz CT molecular complexity index is 437. The van der Waals surface area contributed by atoms with Gasteiger partial charge in [0.2, 0.25) is 0 Å². The molecule has 0 bridgehead atoms. The quantitative estimate of drug-likeness (QED) is 0.605. The van der Waals surface area contributed by atoms with Crippen LogP contribution in [0.2, 0.25) is 0 Å². The maximum atomic E-state index is 11.6. The first-order valence-electron chi connectivity index (χ1n) is 5.56. The number of amides is 2. The zero-order valence-corrected chi connectivity index (χ0v) is 12.1. The van der Waals surface area contributed by atoms with Gasteiger partial charge in [-0.25, -0.2) is 4.98 Å². The third-order valence-corrected chi connectivity index (χ3v) is 3.40. The second-order valence-electron chi connectivity index (χ2n) is 3.73. The van der Waals surface area contributed by atoms with Gasteiger partial charge in [0.05, 0.1) is 12.2 Å². The second kappa shape index (κ2) is 7.17. The monoisotopic (exact) mass is 287 g/mol. The van der Waals surface area contributed by atoms with Crippen LogP contribution in [0, 0.1) is 13.8 Å². The molecule has 0 fully saturated rings. The number of anilines is 1. The van der Waals surface area contributed by atoms with E-state index in [9.17, 15) is 9.59 Å². The highest BCUT2D eigenvalue weighted by Crippen LogP contribution is 2.20. The number of aryl methyl sites for hydroxylation is 2. The number of hydrogen-bond acceptors (Lipinski definition) is 6. The zero-order chi connectivity index (χ0) is 14.4. The van der Waals surface area contributed by atoms with E-state index < -0.39 is 18.1 Å². The molecule has 2 N–H and O–H groups in total. The van der Waals surface area contributed by atoms with Gasteiger partial charge in [0.15, 0.2) is 11.4 Å². The number of nitrogens with zero attached hydrogens (tertiary/aromatic N) is 1. The number of carbonyl (C=O) groups is 2. The van der Waals surface area contributed by atoms with Crippen LogP contribution >= 0.6 is 11.3 Å². The van der Waals surface area contributed by atoms with Crippen LogP contribution in [-0.4, -0.2) is 43.9 Å². The van der Waals surface area contributed by atoms with Crippen LogP contribution in [0.15, 0.2) is 0 Å². The molecule has 2 amide bonds. The molecule has 1 aromatic rings. The molecule has 0 aliphatic heterocycles. The van der Waals surface area contributed by atoms with E-state index in [1.54, 1.807) is 0 Å². The molecule has 1 rings (SSSR count). The molecule has 0 saturated carbocycles. The summed E-state index contributed by atoms with van der Waals surface area (Å²) < 4.78 is 9.78. The van der Waals surface area contributed by atoms with E-state index in [1.165, 1.54) is 25.6 Å². The summed E-state index contributed by atoms with van der Waals surface area (Å²) in [4.78, 5) is 28.2. The van der Waals surface area contributed by atoms with Crippen molar-refractivity contribution in [1.82, 2.24) is 10.3 Å². The number of hydrogen-bond donors (Lipinski definition) is 2. The van der Waals surface area contributed by atoms with Gasteiger partial charge in [-0.15, -0.1) is 11.3 Å². The van der Waals surface area contributed by atoms with Gasteiger partial charge in [-0.1, -0.05) is 0 Å². The third-order valence-electron chi connectivity index (χ3n) is 2.41. The normalized spacial score (nSPS) is 10.6. The van der Waals surface area contributed by atoms with Gasteiger partial charge in [0.25, 0.3) is 0 Å². The average molecular weight is 287 g/mol. The van der Waals surface area contributed by atoms with Gasteiger partial charge in [0, 0.05) is 19.1 Å². The molecule has 8 heteroatoms. The van der Waals surface area contributed by atoms with Crippen molar-refractivity contribution in [3.8, 4) is 0 Å². The maximum absolute atomic E-state index is 11.6. The molecule has 0 aliphatic rings. The number of thiazole rings is 1. The highest BCUT2D eigenvalue weighted by Gasteiger charge is 2.17. The van der Waals surface area contributed by atoms with Crippen LogP contribution in [0.5, 0.6) is 0 Å². The molecule has 0 saturated heterocycles. The van der Waals surface area contributed by atoms with Crippen LogP contribution in [0.25, 0.3) is 0 Å².